The fourth-order valence-corrected chi connectivity index (χ4v) is 1.02. The second-order valence-electron chi connectivity index (χ2n) is 2.77. The Hall–Kier alpha value is -1.73. The topological polar surface area (TPSA) is 53.5 Å². The third kappa shape index (κ3) is 2.65. The summed E-state index contributed by atoms with van der Waals surface area (Å²) in [6.45, 7) is 1.39. The first kappa shape index (κ1) is 9.36. The summed E-state index contributed by atoms with van der Waals surface area (Å²) in [4.78, 5) is 13.8. The van der Waals surface area contributed by atoms with Crippen molar-refractivity contribution in [3.05, 3.63) is 41.4 Å². The number of nitrogens with zero attached hydrogens (tertiary/aromatic N) is 2. The van der Waals surface area contributed by atoms with E-state index >= 15 is 0 Å². The van der Waals surface area contributed by atoms with E-state index in [1.807, 2.05) is 30.3 Å². The van der Waals surface area contributed by atoms with Gasteiger partial charge in [-0.3, -0.25) is 4.79 Å². The maximum atomic E-state index is 10.9. The van der Waals surface area contributed by atoms with E-state index in [-0.39, 0.29) is 11.5 Å². The molecule has 0 unspecified atom stereocenters. The van der Waals surface area contributed by atoms with E-state index in [0.29, 0.717) is 6.42 Å². The van der Waals surface area contributed by atoms with Gasteiger partial charge in [0.2, 0.25) is 5.78 Å². The number of hydrogen-bond acceptors (Lipinski definition) is 1. The van der Waals surface area contributed by atoms with Gasteiger partial charge in [0.05, 0.1) is 6.42 Å². The SMILES string of the molecule is CC(=O)C(Cc1ccccc1)=[N+]=[N-]. The quantitative estimate of drug-likeness (QED) is 0.389. The highest BCUT2D eigenvalue weighted by molar-refractivity contribution is 6.36. The Labute approximate surface area is 76.6 Å². The van der Waals surface area contributed by atoms with Gasteiger partial charge in [-0.1, -0.05) is 30.3 Å². The van der Waals surface area contributed by atoms with E-state index in [9.17, 15) is 4.79 Å². The maximum Gasteiger partial charge on any atom is 0.338 e. The first-order valence-electron chi connectivity index (χ1n) is 4.00. The van der Waals surface area contributed by atoms with Crippen LogP contribution in [0.1, 0.15) is 12.5 Å². The molecular formula is C10H10N2O. The molecular weight excluding hydrogens is 164 g/mol. The number of ketones is 1. The lowest BCUT2D eigenvalue weighted by Gasteiger charge is -1.93. The maximum absolute atomic E-state index is 10.9. The van der Waals surface area contributed by atoms with Crippen LogP contribution >= 0.6 is 0 Å². The Bertz CT molecular complexity index is 350. The molecule has 0 saturated heterocycles. The lowest BCUT2D eigenvalue weighted by atomic mass is 10.1. The van der Waals surface area contributed by atoms with Gasteiger partial charge in [-0.15, -0.1) is 0 Å². The largest absolute Gasteiger partial charge is 0.361 e. The average molecular weight is 174 g/mol. The van der Waals surface area contributed by atoms with Gasteiger partial charge in [0.15, 0.2) is 0 Å². The lowest BCUT2D eigenvalue weighted by molar-refractivity contribution is -0.115. The standard InChI is InChI=1S/C10H10N2O/c1-8(13)10(12-11)7-9-5-3-2-4-6-9/h2-6H,7H2,1H3. The van der Waals surface area contributed by atoms with Gasteiger partial charge in [-0.2, -0.15) is 4.79 Å². The highest BCUT2D eigenvalue weighted by Crippen LogP contribution is 2.00. The second-order valence-corrected chi connectivity index (χ2v) is 2.77. The van der Waals surface area contributed by atoms with Crippen LogP contribution in [-0.2, 0) is 11.2 Å². The van der Waals surface area contributed by atoms with E-state index in [1.165, 1.54) is 6.92 Å². The van der Waals surface area contributed by atoms with Crippen molar-refractivity contribution >= 4 is 11.5 Å². The predicted molar refractivity (Wildman–Crippen MR) is 49.5 cm³/mol. The van der Waals surface area contributed by atoms with Crippen molar-refractivity contribution < 1.29 is 9.58 Å². The van der Waals surface area contributed by atoms with Crippen molar-refractivity contribution in [3.8, 4) is 0 Å². The molecule has 0 spiro atoms. The number of benzene rings is 1. The molecule has 1 aromatic carbocycles. The van der Waals surface area contributed by atoms with Crippen LogP contribution < -0.4 is 0 Å². The van der Waals surface area contributed by atoms with Crippen molar-refractivity contribution in [1.29, 1.82) is 0 Å². The Balaban J connectivity index is 2.80. The molecule has 0 bridgehead atoms. The minimum absolute atomic E-state index is 0.186. The lowest BCUT2D eigenvalue weighted by Crippen LogP contribution is -2.14. The average Bonchev–Trinajstić information content (AvgIpc) is 2.15. The Morgan fingerprint density at radius 3 is 2.46 bits per heavy atom. The van der Waals surface area contributed by atoms with Crippen LogP contribution in [0, 0.1) is 0 Å². The van der Waals surface area contributed by atoms with Crippen molar-refractivity contribution in [1.82, 2.24) is 0 Å². The van der Waals surface area contributed by atoms with Gasteiger partial charge in [0.1, 0.15) is 0 Å². The third-order valence-electron chi connectivity index (χ3n) is 1.74. The molecule has 0 aromatic heterocycles. The molecule has 0 radical (unpaired) electrons. The van der Waals surface area contributed by atoms with Crippen molar-refractivity contribution in [3.63, 3.8) is 0 Å². The number of hydrogen-bond donors (Lipinski definition) is 0. The van der Waals surface area contributed by atoms with Gasteiger partial charge in [-0.25, -0.2) is 0 Å². The van der Waals surface area contributed by atoms with Crippen LogP contribution in [0.2, 0.25) is 0 Å². The molecule has 0 saturated carbocycles. The fourth-order valence-electron chi connectivity index (χ4n) is 1.02. The summed E-state index contributed by atoms with van der Waals surface area (Å²) in [6, 6.07) is 9.42. The molecule has 0 heterocycles. The Morgan fingerprint density at radius 1 is 1.38 bits per heavy atom. The first-order chi connectivity index (χ1) is 6.24. The zero-order valence-electron chi connectivity index (χ0n) is 7.40. The molecule has 0 fully saturated rings. The van der Waals surface area contributed by atoms with E-state index in [0.717, 1.165) is 5.56 Å². The smallest absolute Gasteiger partial charge is 0.338 e. The van der Waals surface area contributed by atoms with Gasteiger partial charge in [0.25, 0.3) is 0 Å². The summed E-state index contributed by atoms with van der Waals surface area (Å²) in [7, 11) is 0. The van der Waals surface area contributed by atoms with Crippen LogP contribution in [0.5, 0.6) is 0 Å². The van der Waals surface area contributed by atoms with E-state index in [4.69, 9.17) is 5.53 Å². The van der Waals surface area contributed by atoms with Gasteiger partial charge >= 0.3 is 5.71 Å². The van der Waals surface area contributed by atoms with Crippen LogP contribution in [0.25, 0.3) is 5.53 Å². The molecule has 3 heteroatoms. The van der Waals surface area contributed by atoms with Crippen molar-refractivity contribution in [2.24, 2.45) is 0 Å². The molecule has 0 aliphatic heterocycles. The van der Waals surface area contributed by atoms with Crippen LogP contribution in [0.3, 0.4) is 0 Å². The summed E-state index contributed by atoms with van der Waals surface area (Å²) in [6.07, 6.45) is 0.382. The predicted octanol–water partition coefficient (Wildman–Crippen LogP) is 1.49. The molecule has 66 valence electrons. The van der Waals surface area contributed by atoms with Gasteiger partial charge in [0, 0.05) is 6.92 Å². The van der Waals surface area contributed by atoms with Gasteiger partial charge in [-0.05, 0) is 5.56 Å². The Kier molecular flexibility index (Phi) is 3.12. The first-order valence-corrected chi connectivity index (χ1v) is 4.00. The molecule has 0 amide bonds. The highest BCUT2D eigenvalue weighted by Gasteiger charge is 2.14. The number of carbonyl (C=O) groups is 1. The number of carbonyl (C=O) groups excluding carboxylic acids is 1. The molecule has 0 N–H and O–H groups in total. The summed E-state index contributed by atoms with van der Waals surface area (Å²) >= 11 is 0. The van der Waals surface area contributed by atoms with E-state index in [1.54, 1.807) is 0 Å². The number of Topliss-reactive ketones (excluding diaryl/α,β-unsaturated/α-hetero) is 1. The molecule has 0 atom stereocenters. The monoisotopic (exact) mass is 174 g/mol. The zero-order valence-corrected chi connectivity index (χ0v) is 7.40. The molecule has 0 aliphatic carbocycles. The van der Waals surface area contributed by atoms with E-state index < -0.39 is 0 Å². The van der Waals surface area contributed by atoms with Crippen LogP contribution in [0.15, 0.2) is 30.3 Å². The summed E-state index contributed by atoms with van der Waals surface area (Å²) in [5.74, 6) is -0.202. The van der Waals surface area contributed by atoms with Crippen molar-refractivity contribution in [2.75, 3.05) is 0 Å². The van der Waals surface area contributed by atoms with Crippen LogP contribution in [-0.4, -0.2) is 16.3 Å². The summed E-state index contributed by atoms with van der Waals surface area (Å²) in [5.41, 5.74) is 9.67. The Morgan fingerprint density at radius 2 is 2.00 bits per heavy atom. The molecule has 3 nitrogen and oxygen atoms in total. The summed E-state index contributed by atoms with van der Waals surface area (Å²) < 4.78 is 0. The normalized spacial score (nSPS) is 9.00. The molecule has 1 aromatic rings. The minimum Gasteiger partial charge on any atom is -0.361 e. The fraction of sp³-hybridized carbons (Fsp3) is 0.200. The molecule has 1 rings (SSSR count). The van der Waals surface area contributed by atoms with E-state index in [2.05, 4.69) is 4.79 Å². The van der Waals surface area contributed by atoms with Gasteiger partial charge < -0.3 is 5.53 Å². The van der Waals surface area contributed by atoms with Crippen molar-refractivity contribution in [2.45, 2.75) is 13.3 Å². The second kappa shape index (κ2) is 4.33. The zero-order chi connectivity index (χ0) is 9.68. The number of rotatable bonds is 3. The minimum atomic E-state index is -0.202. The van der Waals surface area contributed by atoms with Crippen LogP contribution in [0.4, 0.5) is 0 Å². The molecule has 13 heavy (non-hydrogen) atoms. The highest BCUT2D eigenvalue weighted by atomic mass is 16.1. The summed E-state index contributed by atoms with van der Waals surface area (Å²) in [5, 5.41) is 0. The molecule has 0 aliphatic rings. The third-order valence-corrected chi connectivity index (χ3v) is 1.74.